The molecule has 0 aromatic heterocycles. The average molecular weight is 335 g/mol. The van der Waals surface area contributed by atoms with Gasteiger partial charge in [-0.15, -0.1) is 0 Å². The van der Waals surface area contributed by atoms with E-state index in [0.717, 1.165) is 16.9 Å². The normalized spacial score (nSPS) is 10.2. The van der Waals surface area contributed by atoms with Gasteiger partial charge in [0.15, 0.2) is 0 Å². The van der Waals surface area contributed by atoms with E-state index in [1.807, 2.05) is 32.0 Å². The number of para-hydroxylation sites is 1. The molecule has 2 aromatic rings. The van der Waals surface area contributed by atoms with Crippen LogP contribution in [0.25, 0.3) is 0 Å². The molecule has 0 saturated carbocycles. The van der Waals surface area contributed by atoms with E-state index in [-0.39, 0.29) is 5.97 Å². The maximum Gasteiger partial charge on any atom is 0.337 e. The first-order chi connectivity index (χ1) is 9.52. The van der Waals surface area contributed by atoms with Gasteiger partial charge in [-0.25, -0.2) is 4.79 Å². The lowest BCUT2D eigenvalue weighted by Gasteiger charge is -2.13. The highest BCUT2D eigenvalue weighted by molar-refractivity contribution is 9.10. The first-order valence-electron chi connectivity index (χ1n) is 6.15. The Balaban J connectivity index is 2.33. The lowest BCUT2D eigenvalue weighted by Crippen LogP contribution is -2.01. The van der Waals surface area contributed by atoms with Crippen molar-refractivity contribution in [3.63, 3.8) is 0 Å². The van der Waals surface area contributed by atoms with Gasteiger partial charge in [-0.05, 0) is 59.1 Å². The third-order valence-corrected chi connectivity index (χ3v) is 3.59. The summed E-state index contributed by atoms with van der Waals surface area (Å²) in [6, 6.07) is 11.1. The summed E-state index contributed by atoms with van der Waals surface area (Å²) in [4.78, 5) is 11.5. The second-order valence-corrected chi connectivity index (χ2v) is 5.31. The van der Waals surface area contributed by atoms with Crippen LogP contribution in [0.1, 0.15) is 21.5 Å². The summed E-state index contributed by atoms with van der Waals surface area (Å²) in [5.74, 6) is 1.12. The van der Waals surface area contributed by atoms with Gasteiger partial charge in [0.1, 0.15) is 11.5 Å². The van der Waals surface area contributed by atoms with Crippen molar-refractivity contribution in [2.45, 2.75) is 13.8 Å². The summed E-state index contributed by atoms with van der Waals surface area (Å²) in [5.41, 5.74) is 2.61. The van der Waals surface area contributed by atoms with Crippen molar-refractivity contribution in [2.75, 3.05) is 7.11 Å². The molecule has 0 aliphatic heterocycles. The first kappa shape index (κ1) is 14.6. The van der Waals surface area contributed by atoms with Gasteiger partial charge in [-0.3, -0.25) is 0 Å². The molecule has 104 valence electrons. The van der Waals surface area contributed by atoms with Gasteiger partial charge in [0.2, 0.25) is 0 Å². The van der Waals surface area contributed by atoms with E-state index in [0.29, 0.717) is 15.8 Å². The monoisotopic (exact) mass is 334 g/mol. The number of benzene rings is 2. The Morgan fingerprint density at radius 2 is 1.75 bits per heavy atom. The van der Waals surface area contributed by atoms with Gasteiger partial charge in [-0.2, -0.15) is 0 Å². The standard InChI is InChI=1S/C16H15BrO3/c1-10-5-4-6-11(2)15(10)20-14-8-7-12(9-13(14)17)16(18)19-3/h4-9H,1-3H3. The molecule has 2 rings (SSSR count). The van der Waals surface area contributed by atoms with Crippen molar-refractivity contribution in [1.29, 1.82) is 0 Å². The zero-order chi connectivity index (χ0) is 14.7. The zero-order valence-electron chi connectivity index (χ0n) is 11.6. The summed E-state index contributed by atoms with van der Waals surface area (Å²) in [6.45, 7) is 4.00. The fraction of sp³-hybridized carbons (Fsp3) is 0.188. The third kappa shape index (κ3) is 3.02. The van der Waals surface area contributed by atoms with Crippen LogP contribution in [0.3, 0.4) is 0 Å². The largest absolute Gasteiger partial charge is 0.465 e. The van der Waals surface area contributed by atoms with E-state index in [2.05, 4.69) is 20.7 Å². The van der Waals surface area contributed by atoms with Crippen molar-refractivity contribution in [3.05, 3.63) is 57.6 Å². The van der Waals surface area contributed by atoms with E-state index < -0.39 is 0 Å². The highest BCUT2D eigenvalue weighted by Crippen LogP contribution is 2.34. The van der Waals surface area contributed by atoms with Crippen molar-refractivity contribution in [1.82, 2.24) is 0 Å². The Morgan fingerprint density at radius 3 is 2.30 bits per heavy atom. The maximum absolute atomic E-state index is 11.5. The second-order valence-electron chi connectivity index (χ2n) is 4.46. The lowest BCUT2D eigenvalue weighted by molar-refractivity contribution is 0.0600. The second kappa shape index (κ2) is 6.09. The molecule has 2 aromatic carbocycles. The minimum absolute atomic E-state index is 0.371. The Morgan fingerprint density at radius 1 is 1.10 bits per heavy atom. The highest BCUT2D eigenvalue weighted by Gasteiger charge is 2.11. The number of carbonyl (C=O) groups is 1. The molecule has 0 atom stereocenters. The predicted octanol–water partition coefficient (Wildman–Crippen LogP) is 4.64. The highest BCUT2D eigenvalue weighted by atomic mass is 79.9. The topological polar surface area (TPSA) is 35.5 Å². The van der Waals surface area contributed by atoms with Crippen LogP contribution >= 0.6 is 15.9 Å². The molecular weight excluding hydrogens is 320 g/mol. The SMILES string of the molecule is COC(=O)c1ccc(Oc2c(C)cccc2C)c(Br)c1. The van der Waals surface area contributed by atoms with Crippen LogP contribution in [0.5, 0.6) is 11.5 Å². The summed E-state index contributed by atoms with van der Waals surface area (Å²) >= 11 is 3.42. The number of ether oxygens (including phenoxy) is 2. The summed E-state index contributed by atoms with van der Waals surface area (Å²) < 4.78 is 11.3. The summed E-state index contributed by atoms with van der Waals surface area (Å²) in [7, 11) is 1.36. The molecule has 0 amide bonds. The molecule has 0 N–H and O–H groups in total. The molecule has 20 heavy (non-hydrogen) atoms. The minimum Gasteiger partial charge on any atom is -0.465 e. The van der Waals surface area contributed by atoms with Crippen LogP contribution in [0.2, 0.25) is 0 Å². The fourth-order valence-electron chi connectivity index (χ4n) is 1.90. The van der Waals surface area contributed by atoms with Gasteiger partial charge in [-0.1, -0.05) is 18.2 Å². The molecule has 0 radical (unpaired) electrons. The van der Waals surface area contributed by atoms with Crippen LogP contribution in [0.4, 0.5) is 0 Å². The van der Waals surface area contributed by atoms with Gasteiger partial charge in [0.05, 0.1) is 17.1 Å². The van der Waals surface area contributed by atoms with Gasteiger partial charge < -0.3 is 9.47 Å². The van der Waals surface area contributed by atoms with Gasteiger partial charge in [0, 0.05) is 0 Å². The summed E-state index contributed by atoms with van der Waals surface area (Å²) in [5, 5.41) is 0. The van der Waals surface area contributed by atoms with Crippen molar-refractivity contribution >= 4 is 21.9 Å². The number of rotatable bonds is 3. The number of carbonyl (C=O) groups excluding carboxylic acids is 1. The van der Waals surface area contributed by atoms with Crippen LogP contribution < -0.4 is 4.74 Å². The number of aryl methyl sites for hydroxylation is 2. The smallest absolute Gasteiger partial charge is 0.337 e. The third-order valence-electron chi connectivity index (χ3n) is 2.97. The van der Waals surface area contributed by atoms with Crippen molar-refractivity contribution in [3.8, 4) is 11.5 Å². The fourth-order valence-corrected chi connectivity index (χ4v) is 2.36. The number of hydrogen-bond acceptors (Lipinski definition) is 3. The van der Waals surface area contributed by atoms with Gasteiger partial charge in [0.25, 0.3) is 0 Å². The van der Waals surface area contributed by atoms with Crippen molar-refractivity contribution in [2.24, 2.45) is 0 Å². The molecule has 0 aliphatic rings. The van der Waals surface area contributed by atoms with Crippen LogP contribution in [-0.2, 0) is 4.74 Å². The Kier molecular flexibility index (Phi) is 4.45. The molecule has 4 heteroatoms. The Labute approximate surface area is 126 Å². The Bertz CT molecular complexity index is 630. The first-order valence-corrected chi connectivity index (χ1v) is 6.94. The van der Waals surface area contributed by atoms with E-state index >= 15 is 0 Å². The van der Waals surface area contributed by atoms with Crippen LogP contribution in [0, 0.1) is 13.8 Å². The molecule has 0 spiro atoms. The number of halogens is 1. The van der Waals surface area contributed by atoms with E-state index in [1.54, 1.807) is 18.2 Å². The van der Waals surface area contributed by atoms with Gasteiger partial charge >= 0.3 is 5.97 Å². The molecule has 3 nitrogen and oxygen atoms in total. The number of hydrogen-bond donors (Lipinski definition) is 0. The molecular formula is C16H15BrO3. The van der Waals surface area contributed by atoms with E-state index in [9.17, 15) is 4.79 Å². The molecule has 0 saturated heterocycles. The van der Waals surface area contributed by atoms with E-state index in [1.165, 1.54) is 7.11 Å². The summed E-state index contributed by atoms with van der Waals surface area (Å²) in [6.07, 6.45) is 0. The zero-order valence-corrected chi connectivity index (χ0v) is 13.2. The molecule has 0 heterocycles. The quantitative estimate of drug-likeness (QED) is 0.766. The van der Waals surface area contributed by atoms with Crippen LogP contribution in [-0.4, -0.2) is 13.1 Å². The predicted molar refractivity (Wildman–Crippen MR) is 81.5 cm³/mol. The van der Waals surface area contributed by atoms with E-state index in [4.69, 9.17) is 4.74 Å². The molecule has 0 aliphatic carbocycles. The van der Waals surface area contributed by atoms with Crippen molar-refractivity contribution < 1.29 is 14.3 Å². The number of methoxy groups -OCH3 is 1. The molecule has 0 fully saturated rings. The molecule has 0 bridgehead atoms. The maximum atomic E-state index is 11.5. The van der Waals surface area contributed by atoms with Crippen LogP contribution in [0.15, 0.2) is 40.9 Å². The molecule has 0 unspecified atom stereocenters. The lowest BCUT2D eigenvalue weighted by atomic mass is 10.1. The minimum atomic E-state index is -0.371. The average Bonchev–Trinajstić information content (AvgIpc) is 2.43. The number of esters is 1. The Hall–Kier alpha value is -1.81.